The molecule has 0 saturated carbocycles. The Morgan fingerprint density at radius 2 is 1.35 bits per heavy atom. The van der Waals surface area contributed by atoms with Crippen LogP contribution in [0.3, 0.4) is 0 Å². The monoisotopic (exact) mass is 257 g/mol. The zero-order valence-electron chi connectivity index (χ0n) is 11.1. The maximum Gasteiger partial charge on any atom is 0.0346 e. The molecule has 0 aliphatic heterocycles. The number of rotatable bonds is 3. The Morgan fingerprint density at radius 3 is 2.00 bits per heavy atom. The standard InChI is InChI=1S/C19H15N/c1-3-8-16(9-4-1)14-19(17-10-5-2-6-11-17)18-12-7-13-20-15-18/h1-15H/b19-14+. The number of pyridine rings is 1. The highest BCUT2D eigenvalue weighted by atomic mass is 14.6. The molecule has 0 aliphatic carbocycles. The molecule has 0 amide bonds. The second-order valence-corrected chi connectivity index (χ2v) is 4.58. The molecule has 0 aliphatic rings. The van der Waals surface area contributed by atoms with Gasteiger partial charge in [-0.05, 0) is 28.8 Å². The van der Waals surface area contributed by atoms with Gasteiger partial charge in [-0.25, -0.2) is 0 Å². The summed E-state index contributed by atoms with van der Waals surface area (Å²) in [4.78, 5) is 4.23. The number of hydrogen-bond donors (Lipinski definition) is 0. The van der Waals surface area contributed by atoms with Gasteiger partial charge in [-0.3, -0.25) is 4.98 Å². The van der Waals surface area contributed by atoms with E-state index in [0.717, 1.165) is 5.56 Å². The number of benzene rings is 2. The van der Waals surface area contributed by atoms with Gasteiger partial charge in [-0.15, -0.1) is 0 Å². The van der Waals surface area contributed by atoms with Crippen LogP contribution >= 0.6 is 0 Å². The maximum atomic E-state index is 4.23. The lowest BCUT2D eigenvalue weighted by atomic mass is 9.97. The molecular weight excluding hydrogens is 242 g/mol. The summed E-state index contributed by atoms with van der Waals surface area (Å²) in [5.41, 5.74) is 4.70. The highest BCUT2D eigenvalue weighted by Gasteiger charge is 2.04. The minimum Gasteiger partial charge on any atom is -0.264 e. The Balaban J connectivity index is 2.12. The molecule has 96 valence electrons. The highest BCUT2D eigenvalue weighted by molar-refractivity contribution is 5.91. The Bertz CT molecular complexity index is 644. The molecule has 20 heavy (non-hydrogen) atoms. The average Bonchev–Trinajstić information content (AvgIpc) is 2.55. The fourth-order valence-electron chi connectivity index (χ4n) is 2.19. The average molecular weight is 257 g/mol. The van der Waals surface area contributed by atoms with Crippen LogP contribution in [0.15, 0.2) is 85.2 Å². The lowest BCUT2D eigenvalue weighted by molar-refractivity contribution is 1.31. The van der Waals surface area contributed by atoms with Crippen molar-refractivity contribution in [3.05, 3.63) is 102 Å². The first-order valence-electron chi connectivity index (χ1n) is 6.66. The van der Waals surface area contributed by atoms with Crippen molar-refractivity contribution in [2.24, 2.45) is 0 Å². The lowest BCUT2D eigenvalue weighted by Gasteiger charge is -2.08. The van der Waals surface area contributed by atoms with Gasteiger partial charge in [0, 0.05) is 18.0 Å². The molecule has 1 aromatic heterocycles. The zero-order valence-corrected chi connectivity index (χ0v) is 11.1. The molecule has 0 saturated heterocycles. The predicted molar refractivity (Wildman–Crippen MR) is 84.1 cm³/mol. The van der Waals surface area contributed by atoms with Crippen molar-refractivity contribution < 1.29 is 0 Å². The molecule has 0 unspecified atom stereocenters. The molecule has 0 spiro atoms. The largest absolute Gasteiger partial charge is 0.264 e. The summed E-state index contributed by atoms with van der Waals surface area (Å²) in [5.74, 6) is 0. The summed E-state index contributed by atoms with van der Waals surface area (Å²) in [6, 6.07) is 24.8. The first kappa shape index (κ1) is 12.4. The summed E-state index contributed by atoms with van der Waals surface area (Å²) in [6.45, 7) is 0. The van der Waals surface area contributed by atoms with E-state index in [1.165, 1.54) is 16.7 Å². The quantitative estimate of drug-likeness (QED) is 0.621. The van der Waals surface area contributed by atoms with E-state index < -0.39 is 0 Å². The summed E-state index contributed by atoms with van der Waals surface area (Å²) in [5, 5.41) is 0. The number of hydrogen-bond acceptors (Lipinski definition) is 1. The molecule has 3 rings (SSSR count). The van der Waals surface area contributed by atoms with E-state index in [1.807, 2.05) is 24.4 Å². The smallest absolute Gasteiger partial charge is 0.0346 e. The molecule has 3 aromatic rings. The van der Waals surface area contributed by atoms with Crippen LogP contribution in [0.25, 0.3) is 11.6 Å². The molecule has 1 heterocycles. The van der Waals surface area contributed by atoms with E-state index in [-0.39, 0.29) is 0 Å². The molecule has 0 bridgehead atoms. The van der Waals surface area contributed by atoms with Gasteiger partial charge in [0.05, 0.1) is 0 Å². The second-order valence-electron chi connectivity index (χ2n) is 4.58. The predicted octanol–water partition coefficient (Wildman–Crippen LogP) is 4.67. The third-order valence-corrected chi connectivity index (χ3v) is 3.17. The number of nitrogens with zero attached hydrogens (tertiary/aromatic N) is 1. The van der Waals surface area contributed by atoms with Gasteiger partial charge in [-0.2, -0.15) is 0 Å². The van der Waals surface area contributed by atoms with Crippen molar-refractivity contribution in [3.63, 3.8) is 0 Å². The minimum absolute atomic E-state index is 1.13. The van der Waals surface area contributed by atoms with Gasteiger partial charge in [0.15, 0.2) is 0 Å². The van der Waals surface area contributed by atoms with E-state index in [4.69, 9.17) is 0 Å². The van der Waals surface area contributed by atoms with Crippen molar-refractivity contribution in [1.29, 1.82) is 0 Å². The molecule has 0 atom stereocenters. The normalized spacial score (nSPS) is 11.3. The Morgan fingerprint density at radius 1 is 0.700 bits per heavy atom. The third-order valence-electron chi connectivity index (χ3n) is 3.17. The van der Waals surface area contributed by atoms with E-state index in [2.05, 4.69) is 65.7 Å². The maximum absolute atomic E-state index is 4.23. The van der Waals surface area contributed by atoms with Crippen LogP contribution in [0.5, 0.6) is 0 Å². The van der Waals surface area contributed by atoms with Crippen molar-refractivity contribution in [1.82, 2.24) is 4.98 Å². The van der Waals surface area contributed by atoms with Gasteiger partial charge in [0.1, 0.15) is 0 Å². The molecular formula is C19H15N. The van der Waals surface area contributed by atoms with Crippen LogP contribution < -0.4 is 0 Å². The summed E-state index contributed by atoms with van der Waals surface area (Å²) in [6.07, 6.45) is 5.91. The van der Waals surface area contributed by atoms with Crippen LogP contribution in [-0.4, -0.2) is 4.98 Å². The molecule has 0 N–H and O–H groups in total. The topological polar surface area (TPSA) is 12.9 Å². The van der Waals surface area contributed by atoms with E-state index >= 15 is 0 Å². The van der Waals surface area contributed by atoms with Gasteiger partial charge in [0.25, 0.3) is 0 Å². The van der Waals surface area contributed by atoms with Gasteiger partial charge in [-0.1, -0.05) is 66.7 Å². The fraction of sp³-hybridized carbons (Fsp3) is 0. The minimum atomic E-state index is 1.13. The molecule has 1 nitrogen and oxygen atoms in total. The van der Waals surface area contributed by atoms with E-state index in [0.29, 0.717) is 0 Å². The lowest BCUT2D eigenvalue weighted by Crippen LogP contribution is -1.88. The second kappa shape index (κ2) is 5.98. The SMILES string of the molecule is C(=C(/c1ccccc1)c1cccnc1)/c1ccccc1. The fourth-order valence-corrected chi connectivity index (χ4v) is 2.19. The van der Waals surface area contributed by atoms with Crippen LogP contribution in [0, 0.1) is 0 Å². The van der Waals surface area contributed by atoms with Crippen molar-refractivity contribution in [2.75, 3.05) is 0 Å². The van der Waals surface area contributed by atoms with Crippen molar-refractivity contribution >= 4 is 11.6 Å². The van der Waals surface area contributed by atoms with Crippen LogP contribution in [-0.2, 0) is 0 Å². The summed E-state index contributed by atoms with van der Waals surface area (Å²) >= 11 is 0. The van der Waals surface area contributed by atoms with Crippen LogP contribution in [0.4, 0.5) is 0 Å². The molecule has 2 aromatic carbocycles. The van der Waals surface area contributed by atoms with Gasteiger partial charge in [0.2, 0.25) is 0 Å². The summed E-state index contributed by atoms with van der Waals surface area (Å²) in [7, 11) is 0. The van der Waals surface area contributed by atoms with Gasteiger partial charge < -0.3 is 0 Å². The Hall–Kier alpha value is -2.67. The van der Waals surface area contributed by atoms with E-state index in [1.54, 1.807) is 6.20 Å². The van der Waals surface area contributed by atoms with Crippen LogP contribution in [0.2, 0.25) is 0 Å². The number of aromatic nitrogens is 1. The Labute approximate surface area is 119 Å². The Kier molecular flexibility index (Phi) is 3.70. The van der Waals surface area contributed by atoms with Crippen LogP contribution in [0.1, 0.15) is 16.7 Å². The summed E-state index contributed by atoms with van der Waals surface area (Å²) < 4.78 is 0. The third kappa shape index (κ3) is 2.83. The highest BCUT2D eigenvalue weighted by Crippen LogP contribution is 2.25. The van der Waals surface area contributed by atoms with Crippen molar-refractivity contribution in [3.8, 4) is 0 Å². The van der Waals surface area contributed by atoms with Crippen molar-refractivity contribution in [2.45, 2.75) is 0 Å². The first-order chi connectivity index (χ1) is 9.93. The molecule has 1 heteroatoms. The molecule has 0 fully saturated rings. The first-order valence-corrected chi connectivity index (χ1v) is 6.66. The molecule has 0 radical (unpaired) electrons. The zero-order chi connectivity index (χ0) is 13.6. The van der Waals surface area contributed by atoms with E-state index in [9.17, 15) is 0 Å². The van der Waals surface area contributed by atoms with Gasteiger partial charge >= 0.3 is 0 Å².